The number of amides is 4. The van der Waals surface area contributed by atoms with Crippen LogP contribution in [0, 0.1) is 0 Å². The number of benzene rings is 3. The van der Waals surface area contributed by atoms with Gasteiger partial charge in [-0.3, -0.25) is 14.5 Å². The first-order chi connectivity index (χ1) is 16.9. The number of imide groups is 1. The zero-order chi connectivity index (χ0) is 24.8. The number of urea groups is 1. The van der Waals surface area contributed by atoms with Gasteiger partial charge < -0.3 is 15.0 Å². The summed E-state index contributed by atoms with van der Waals surface area (Å²) in [5, 5.41) is 2.90. The molecule has 1 heterocycles. The highest BCUT2D eigenvalue weighted by atomic mass is 16.5. The molecule has 0 radical (unpaired) electrons. The van der Waals surface area contributed by atoms with Gasteiger partial charge in [-0.2, -0.15) is 0 Å². The number of hydrogen-bond acceptors (Lipinski definition) is 4. The second-order valence-electron chi connectivity index (χ2n) is 8.58. The minimum Gasteiger partial charge on any atom is -0.494 e. The standard InChI is InChI=1S/C28H29N3O4/c1-3-35-24-16-14-22(15-17-24)19-30(2)25(32)20-31-26(33)28(29-27(31)34,23-12-8-5-9-13-23)18-21-10-6-4-7-11-21/h4-17H,3,18-20H2,1-2H3,(H,29,34)/t28-/m1/s1. The summed E-state index contributed by atoms with van der Waals surface area (Å²) in [6, 6.07) is 25.6. The van der Waals surface area contributed by atoms with Crippen LogP contribution in [0.25, 0.3) is 0 Å². The summed E-state index contributed by atoms with van der Waals surface area (Å²) < 4.78 is 5.45. The molecule has 0 saturated carbocycles. The Morgan fingerprint density at radius 3 is 2.17 bits per heavy atom. The fraction of sp³-hybridized carbons (Fsp3) is 0.250. The van der Waals surface area contributed by atoms with Gasteiger partial charge in [0.05, 0.1) is 6.61 Å². The zero-order valence-corrected chi connectivity index (χ0v) is 19.9. The maximum absolute atomic E-state index is 13.7. The minimum atomic E-state index is -1.27. The van der Waals surface area contributed by atoms with Gasteiger partial charge in [0.2, 0.25) is 5.91 Å². The van der Waals surface area contributed by atoms with Crippen LogP contribution in [0.4, 0.5) is 4.79 Å². The molecule has 3 aromatic rings. The maximum atomic E-state index is 13.7. The van der Waals surface area contributed by atoms with E-state index >= 15 is 0 Å². The fourth-order valence-electron chi connectivity index (χ4n) is 4.29. The van der Waals surface area contributed by atoms with Crippen molar-refractivity contribution >= 4 is 17.8 Å². The summed E-state index contributed by atoms with van der Waals surface area (Å²) in [6.07, 6.45) is 0.287. The molecule has 4 rings (SSSR count). The highest BCUT2D eigenvalue weighted by Gasteiger charge is 2.52. The van der Waals surface area contributed by atoms with Gasteiger partial charge in [0, 0.05) is 20.0 Å². The third-order valence-corrected chi connectivity index (χ3v) is 6.13. The summed E-state index contributed by atoms with van der Waals surface area (Å²) in [5.41, 5.74) is 1.24. The highest BCUT2D eigenvalue weighted by molar-refractivity contribution is 6.09. The van der Waals surface area contributed by atoms with Crippen LogP contribution in [0.15, 0.2) is 84.9 Å². The van der Waals surface area contributed by atoms with Gasteiger partial charge in [-0.1, -0.05) is 72.8 Å². The van der Waals surface area contributed by atoms with E-state index in [0.29, 0.717) is 18.7 Å². The van der Waals surface area contributed by atoms with E-state index in [1.807, 2.05) is 91.9 Å². The van der Waals surface area contributed by atoms with Crippen molar-refractivity contribution in [3.05, 3.63) is 102 Å². The molecular formula is C28H29N3O4. The molecule has 0 bridgehead atoms. The van der Waals surface area contributed by atoms with E-state index < -0.39 is 17.5 Å². The van der Waals surface area contributed by atoms with Crippen molar-refractivity contribution in [3.8, 4) is 5.75 Å². The second-order valence-corrected chi connectivity index (χ2v) is 8.58. The summed E-state index contributed by atoms with van der Waals surface area (Å²) in [7, 11) is 1.66. The Morgan fingerprint density at radius 1 is 0.914 bits per heavy atom. The minimum absolute atomic E-state index is 0.287. The van der Waals surface area contributed by atoms with Gasteiger partial charge in [0.25, 0.3) is 5.91 Å². The average Bonchev–Trinajstić information content (AvgIpc) is 3.11. The molecule has 1 saturated heterocycles. The number of ether oxygens (including phenoxy) is 1. The monoisotopic (exact) mass is 471 g/mol. The lowest BCUT2D eigenvalue weighted by Gasteiger charge is -2.28. The Kier molecular flexibility index (Phi) is 7.15. The lowest BCUT2D eigenvalue weighted by Crippen LogP contribution is -2.47. The second kappa shape index (κ2) is 10.4. The Bertz CT molecular complexity index is 1180. The van der Waals surface area contributed by atoms with Crippen LogP contribution in [0.3, 0.4) is 0 Å². The molecule has 1 aliphatic rings. The number of nitrogens with zero attached hydrogens (tertiary/aromatic N) is 2. The molecular weight excluding hydrogens is 442 g/mol. The smallest absolute Gasteiger partial charge is 0.325 e. The number of nitrogens with one attached hydrogen (secondary N) is 1. The van der Waals surface area contributed by atoms with Gasteiger partial charge in [-0.25, -0.2) is 4.79 Å². The van der Waals surface area contributed by atoms with Gasteiger partial charge in [-0.15, -0.1) is 0 Å². The van der Waals surface area contributed by atoms with E-state index in [1.54, 1.807) is 7.05 Å². The van der Waals surface area contributed by atoms with Gasteiger partial charge in [0.15, 0.2) is 5.54 Å². The van der Waals surface area contributed by atoms with Crippen LogP contribution in [0.5, 0.6) is 5.75 Å². The number of likely N-dealkylation sites (N-methyl/N-ethyl adjacent to an activating group) is 1. The van der Waals surface area contributed by atoms with Gasteiger partial charge in [-0.05, 0) is 35.7 Å². The lowest BCUT2D eigenvalue weighted by atomic mass is 9.83. The first-order valence-corrected chi connectivity index (χ1v) is 11.6. The van der Waals surface area contributed by atoms with Crippen molar-refractivity contribution < 1.29 is 19.1 Å². The van der Waals surface area contributed by atoms with Crippen molar-refractivity contribution in [3.63, 3.8) is 0 Å². The first kappa shape index (κ1) is 24.0. The topological polar surface area (TPSA) is 79.0 Å². The number of hydrogen-bond donors (Lipinski definition) is 1. The zero-order valence-electron chi connectivity index (χ0n) is 19.9. The van der Waals surface area contributed by atoms with Crippen molar-refractivity contribution in [2.75, 3.05) is 20.2 Å². The van der Waals surface area contributed by atoms with Gasteiger partial charge in [0.1, 0.15) is 12.3 Å². The Morgan fingerprint density at radius 2 is 1.54 bits per heavy atom. The molecule has 7 heteroatoms. The fourth-order valence-corrected chi connectivity index (χ4v) is 4.29. The number of carbonyl (C=O) groups excluding carboxylic acids is 3. The van der Waals surface area contributed by atoms with Crippen LogP contribution >= 0.6 is 0 Å². The van der Waals surface area contributed by atoms with Crippen molar-refractivity contribution in [2.24, 2.45) is 0 Å². The van der Waals surface area contributed by atoms with Crippen molar-refractivity contribution in [2.45, 2.75) is 25.4 Å². The third kappa shape index (κ3) is 5.19. The predicted molar refractivity (Wildman–Crippen MR) is 133 cm³/mol. The molecule has 1 fully saturated rings. The van der Waals surface area contributed by atoms with E-state index in [-0.39, 0.29) is 18.9 Å². The van der Waals surface area contributed by atoms with Gasteiger partial charge >= 0.3 is 6.03 Å². The average molecular weight is 472 g/mol. The molecule has 7 nitrogen and oxygen atoms in total. The Labute approximate surface area is 205 Å². The van der Waals surface area contributed by atoms with Crippen molar-refractivity contribution in [1.82, 2.24) is 15.1 Å². The molecule has 1 aliphatic heterocycles. The molecule has 0 spiro atoms. The Hall–Kier alpha value is -4.13. The van der Waals surface area contributed by atoms with E-state index in [2.05, 4.69) is 5.32 Å². The maximum Gasteiger partial charge on any atom is 0.325 e. The van der Waals surface area contributed by atoms with Crippen LogP contribution in [0.2, 0.25) is 0 Å². The van der Waals surface area contributed by atoms with E-state index in [9.17, 15) is 14.4 Å². The largest absolute Gasteiger partial charge is 0.494 e. The number of rotatable bonds is 9. The molecule has 1 N–H and O–H groups in total. The lowest BCUT2D eigenvalue weighted by molar-refractivity contribution is -0.138. The predicted octanol–water partition coefficient (Wildman–Crippen LogP) is 3.73. The summed E-state index contributed by atoms with van der Waals surface area (Å²) >= 11 is 0. The Balaban J connectivity index is 1.51. The third-order valence-electron chi connectivity index (χ3n) is 6.13. The summed E-state index contributed by atoms with van der Waals surface area (Å²) in [6.45, 7) is 2.52. The van der Waals surface area contributed by atoms with E-state index in [4.69, 9.17) is 4.74 Å². The quantitative estimate of drug-likeness (QED) is 0.483. The highest BCUT2D eigenvalue weighted by Crippen LogP contribution is 2.33. The SMILES string of the molecule is CCOc1ccc(CN(C)C(=O)CN2C(=O)N[C@](Cc3ccccc3)(c3ccccc3)C2=O)cc1. The van der Waals surface area contributed by atoms with E-state index in [1.165, 1.54) is 4.90 Å². The first-order valence-electron chi connectivity index (χ1n) is 11.6. The normalized spacial score (nSPS) is 17.3. The summed E-state index contributed by atoms with van der Waals surface area (Å²) in [5.74, 6) is 0.00607. The molecule has 0 unspecified atom stereocenters. The molecule has 1 atom stereocenters. The molecule has 35 heavy (non-hydrogen) atoms. The van der Waals surface area contributed by atoms with Crippen LogP contribution < -0.4 is 10.1 Å². The summed E-state index contributed by atoms with van der Waals surface area (Å²) in [4.78, 5) is 42.2. The van der Waals surface area contributed by atoms with Crippen LogP contribution in [-0.4, -0.2) is 47.8 Å². The molecule has 3 aromatic carbocycles. The number of carbonyl (C=O) groups is 3. The molecule has 0 aliphatic carbocycles. The van der Waals surface area contributed by atoms with Crippen LogP contribution in [-0.2, 0) is 28.1 Å². The van der Waals surface area contributed by atoms with Crippen molar-refractivity contribution in [1.29, 1.82) is 0 Å². The molecule has 0 aromatic heterocycles. The molecule has 180 valence electrons. The van der Waals surface area contributed by atoms with Crippen LogP contribution in [0.1, 0.15) is 23.6 Å². The molecule has 4 amide bonds. The van der Waals surface area contributed by atoms with E-state index in [0.717, 1.165) is 21.8 Å².